The van der Waals surface area contributed by atoms with Crippen molar-refractivity contribution in [3.63, 3.8) is 0 Å². The summed E-state index contributed by atoms with van der Waals surface area (Å²) in [6.07, 6.45) is 4.50. The van der Waals surface area contributed by atoms with E-state index in [0.29, 0.717) is 11.4 Å². The van der Waals surface area contributed by atoms with Crippen LogP contribution in [0.4, 0.5) is 0 Å². The number of aryl methyl sites for hydroxylation is 2. The minimum Gasteiger partial charge on any atom is -0.207 e. The maximum atomic E-state index is 13.5. The summed E-state index contributed by atoms with van der Waals surface area (Å²) in [5, 5.41) is 0. The Hall–Kier alpha value is -2.69. The van der Waals surface area contributed by atoms with E-state index >= 15 is 0 Å². The predicted octanol–water partition coefficient (Wildman–Crippen LogP) is 5.17. The Morgan fingerprint density at radius 2 is 1.43 bits per heavy atom. The fourth-order valence-corrected chi connectivity index (χ4v) is 5.66. The zero-order chi connectivity index (χ0) is 21.0. The molecule has 0 spiro atoms. The van der Waals surface area contributed by atoms with Gasteiger partial charge in [0.05, 0.1) is 4.90 Å². The second-order valence-electron chi connectivity index (χ2n) is 7.87. The molecule has 3 aromatic carbocycles. The summed E-state index contributed by atoms with van der Waals surface area (Å²) in [5.41, 5.74) is 4.69. The third-order valence-corrected chi connectivity index (χ3v) is 7.63. The first kappa shape index (κ1) is 20.6. The Morgan fingerprint density at radius 1 is 0.833 bits per heavy atom. The van der Waals surface area contributed by atoms with Crippen LogP contribution in [0.3, 0.4) is 0 Å². The van der Waals surface area contributed by atoms with E-state index in [0.717, 1.165) is 24.8 Å². The van der Waals surface area contributed by atoms with E-state index in [9.17, 15) is 8.42 Å². The normalized spacial score (nSPS) is 17.1. The van der Waals surface area contributed by atoms with E-state index in [4.69, 9.17) is 0 Å². The molecule has 0 saturated carbocycles. The molecule has 1 aliphatic heterocycles. The first-order chi connectivity index (χ1) is 14.5. The zero-order valence-corrected chi connectivity index (χ0v) is 18.1. The highest BCUT2D eigenvalue weighted by Gasteiger charge is 2.36. The van der Waals surface area contributed by atoms with Crippen molar-refractivity contribution >= 4 is 10.0 Å². The van der Waals surface area contributed by atoms with Crippen LogP contribution in [0, 0.1) is 6.92 Å². The van der Waals surface area contributed by atoms with Crippen molar-refractivity contribution in [3.05, 3.63) is 113 Å². The lowest BCUT2D eigenvalue weighted by atomic mass is 9.96. The number of rotatable bonds is 7. The molecule has 0 aliphatic carbocycles. The maximum Gasteiger partial charge on any atom is 0.243 e. The third kappa shape index (κ3) is 4.55. The Bertz CT molecular complexity index is 1100. The van der Waals surface area contributed by atoms with Crippen molar-refractivity contribution in [2.24, 2.45) is 0 Å². The van der Waals surface area contributed by atoms with Crippen LogP contribution in [0.1, 0.15) is 23.1 Å². The number of hydrogen-bond donors (Lipinski definition) is 0. The van der Waals surface area contributed by atoms with Gasteiger partial charge in [0, 0.05) is 12.6 Å². The van der Waals surface area contributed by atoms with Gasteiger partial charge in [0.1, 0.15) is 0 Å². The lowest BCUT2D eigenvalue weighted by Crippen LogP contribution is -2.38. The number of benzene rings is 3. The molecule has 3 nitrogen and oxygen atoms in total. The van der Waals surface area contributed by atoms with E-state index in [-0.39, 0.29) is 6.04 Å². The Balaban J connectivity index is 1.61. The maximum absolute atomic E-state index is 13.5. The lowest BCUT2D eigenvalue weighted by Gasteiger charge is -2.27. The molecule has 1 atom stereocenters. The van der Waals surface area contributed by atoms with Crippen molar-refractivity contribution in [1.29, 1.82) is 0 Å². The standard InChI is InChI=1S/C26H27NO2S/c1-21-12-15-25(16-13-21)30(28,29)27-19-18-24(20-23-10-6-3-7-11-23)26(27)17-14-22-8-4-2-5-9-22/h2-13,15-16,18,26H,14,17,19-20H2,1H3. The monoisotopic (exact) mass is 417 g/mol. The van der Waals surface area contributed by atoms with Crippen LogP contribution in [-0.4, -0.2) is 25.3 Å². The van der Waals surface area contributed by atoms with E-state index in [1.54, 1.807) is 16.4 Å². The summed E-state index contributed by atoms with van der Waals surface area (Å²) in [7, 11) is -3.55. The highest BCUT2D eigenvalue weighted by atomic mass is 32.2. The molecule has 154 valence electrons. The highest BCUT2D eigenvalue weighted by Crippen LogP contribution is 2.31. The molecule has 0 aromatic heterocycles. The van der Waals surface area contributed by atoms with Crippen LogP contribution in [0.2, 0.25) is 0 Å². The molecule has 0 amide bonds. The molecule has 4 heteroatoms. The fraction of sp³-hybridized carbons (Fsp3) is 0.231. The lowest BCUT2D eigenvalue weighted by molar-refractivity contribution is 0.382. The molecular weight excluding hydrogens is 390 g/mol. The van der Waals surface area contributed by atoms with Crippen LogP contribution in [-0.2, 0) is 22.9 Å². The number of nitrogens with zero attached hydrogens (tertiary/aromatic N) is 1. The van der Waals surface area contributed by atoms with E-state index in [1.807, 2.05) is 55.5 Å². The van der Waals surface area contributed by atoms with Crippen LogP contribution in [0.25, 0.3) is 0 Å². The van der Waals surface area contributed by atoms with Gasteiger partial charge in [0.25, 0.3) is 0 Å². The first-order valence-electron chi connectivity index (χ1n) is 10.4. The first-order valence-corrected chi connectivity index (χ1v) is 11.8. The summed E-state index contributed by atoms with van der Waals surface area (Å²) in [4.78, 5) is 0.368. The van der Waals surface area contributed by atoms with Gasteiger partial charge in [-0.05, 0) is 49.4 Å². The summed E-state index contributed by atoms with van der Waals surface area (Å²) < 4.78 is 28.6. The quantitative estimate of drug-likeness (QED) is 0.497. The summed E-state index contributed by atoms with van der Waals surface area (Å²) in [5.74, 6) is 0. The van der Waals surface area contributed by atoms with E-state index in [1.165, 1.54) is 16.7 Å². The molecule has 0 saturated heterocycles. The molecule has 30 heavy (non-hydrogen) atoms. The van der Waals surface area contributed by atoms with Gasteiger partial charge in [-0.3, -0.25) is 0 Å². The van der Waals surface area contributed by atoms with Gasteiger partial charge in [-0.25, -0.2) is 8.42 Å². The van der Waals surface area contributed by atoms with Gasteiger partial charge in [-0.2, -0.15) is 4.31 Å². The topological polar surface area (TPSA) is 37.4 Å². The average molecular weight is 418 g/mol. The smallest absolute Gasteiger partial charge is 0.207 e. The molecule has 1 heterocycles. The van der Waals surface area contributed by atoms with Crippen molar-refractivity contribution < 1.29 is 8.42 Å². The molecule has 4 rings (SSSR count). The van der Waals surface area contributed by atoms with Crippen LogP contribution in [0.5, 0.6) is 0 Å². The summed E-state index contributed by atoms with van der Waals surface area (Å²) in [6, 6.07) is 27.6. The predicted molar refractivity (Wildman–Crippen MR) is 122 cm³/mol. The van der Waals surface area contributed by atoms with Crippen molar-refractivity contribution in [2.75, 3.05) is 6.54 Å². The molecular formula is C26H27NO2S. The van der Waals surface area contributed by atoms with Gasteiger partial charge in [0.2, 0.25) is 10.0 Å². The van der Waals surface area contributed by atoms with E-state index < -0.39 is 10.0 Å². The van der Waals surface area contributed by atoms with Crippen LogP contribution in [0.15, 0.2) is 101 Å². The van der Waals surface area contributed by atoms with E-state index in [2.05, 4.69) is 30.3 Å². The summed E-state index contributed by atoms with van der Waals surface area (Å²) >= 11 is 0. The largest absolute Gasteiger partial charge is 0.243 e. The van der Waals surface area contributed by atoms with Gasteiger partial charge in [0.15, 0.2) is 0 Å². The minimum atomic E-state index is -3.55. The highest BCUT2D eigenvalue weighted by molar-refractivity contribution is 7.89. The molecule has 0 N–H and O–H groups in total. The van der Waals surface area contributed by atoms with Gasteiger partial charge in [-0.1, -0.05) is 90.0 Å². The average Bonchev–Trinajstić information content (AvgIpc) is 3.17. The van der Waals surface area contributed by atoms with Crippen molar-refractivity contribution in [2.45, 2.75) is 37.1 Å². The Labute approximate surface area is 179 Å². The van der Waals surface area contributed by atoms with Crippen LogP contribution >= 0.6 is 0 Å². The Morgan fingerprint density at radius 3 is 2.07 bits per heavy atom. The van der Waals surface area contributed by atoms with Crippen molar-refractivity contribution in [3.8, 4) is 0 Å². The van der Waals surface area contributed by atoms with Crippen molar-refractivity contribution in [1.82, 2.24) is 4.31 Å². The molecule has 0 fully saturated rings. The van der Waals surface area contributed by atoms with Gasteiger partial charge >= 0.3 is 0 Å². The third-order valence-electron chi connectivity index (χ3n) is 5.74. The molecule has 3 aromatic rings. The molecule has 1 aliphatic rings. The van der Waals surface area contributed by atoms with Gasteiger partial charge in [-0.15, -0.1) is 0 Å². The molecule has 0 radical (unpaired) electrons. The second kappa shape index (κ2) is 8.99. The second-order valence-corrected chi connectivity index (χ2v) is 9.76. The SMILES string of the molecule is Cc1ccc(S(=O)(=O)N2CC=C(Cc3ccccc3)C2CCc2ccccc2)cc1. The van der Waals surface area contributed by atoms with Gasteiger partial charge < -0.3 is 0 Å². The molecule has 0 bridgehead atoms. The fourth-order valence-electron chi connectivity index (χ4n) is 4.07. The number of hydrogen-bond acceptors (Lipinski definition) is 2. The zero-order valence-electron chi connectivity index (χ0n) is 17.2. The number of sulfonamides is 1. The molecule has 1 unspecified atom stereocenters. The minimum absolute atomic E-state index is 0.128. The Kier molecular flexibility index (Phi) is 6.16. The van der Waals surface area contributed by atoms with Crippen LogP contribution < -0.4 is 0 Å². The summed E-state index contributed by atoms with van der Waals surface area (Å²) in [6.45, 7) is 2.40.